The van der Waals surface area contributed by atoms with Gasteiger partial charge in [-0.05, 0) is 6.42 Å². The van der Waals surface area contributed by atoms with Gasteiger partial charge in [0.15, 0.2) is 0 Å². The van der Waals surface area contributed by atoms with Crippen molar-refractivity contribution in [3.05, 3.63) is 0 Å². The summed E-state index contributed by atoms with van der Waals surface area (Å²) >= 11 is 0. The Balaban J connectivity index is 3.72. The predicted octanol–water partition coefficient (Wildman–Crippen LogP) is 0.981. The van der Waals surface area contributed by atoms with E-state index >= 15 is 0 Å². The molecular weight excluding hydrogens is 168 g/mol. The molecule has 0 aromatic rings. The van der Waals surface area contributed by atoms with E-state index in [4.69, 9.17) is 4.55 Å². The van der Waals surface area contributed by atoms with Gasteiger partial charge >= 0.3 is 10.1 Å². The molecule has 0 aliphatic heterocycles. The molecule has 0 saturated heterocycles. The van der Waals surface area contributed by atoms with Crippen molar-refractivity contribution in [2.24, 2.45) is 0 Å². The zero-order valence-corrected chi connectivity index (χ0v) is 7.23. The normalized spacial score (nSPS) is 11.5. The summed E-state index contributed by atoms with van der Waals surface area (Å²) in [6.07, 6.45) is 2.17. The van der Waals surface area contributed by atoms with Crippen LogP contribution in [0.2, 0.25) is 0 Å². The van der Waals surface area contributed by atoms with Crippen LogP contribution in [0, 0.1) is 0 Å². The van der Waals surface area contributed by atoms with Crippen molar-refractivity contribution in [2.45, 2.75) is 32.6 Å². The SMILES string of the molecule is CCCCCC(=O)S(=O)(=O)O. The second-order valence-electron chi connectivity index (χ2n) is 2.30. The third-order valence-electron chi connectivity index (χ3n) is 1.27. The van der Waals surface area contributed by atoms with E-state index in [-0.39, 0.29) is 6.42 Å². The van der Waals surface area contributed by atoms with E-state index in [0.29, 0.717) is 6.42 Å². The zero-order valence-electron chi connectivity index (χ0n) is 6.41. The van der Waals surface area contributed by atoms with Gasteiger partial charge in [-0.3, -0.25) is 9.35 Å². The summed E-state index contributed by atoms with van der Waals surface area (Å²) in [5.74, 6) is 0. The van der Waals surface area contributed by atoms with Gasteiger partial charge in [0.05, 0.1) is 0 Å². The van der Waals surface area contributed by atoms with Crippen LogP contribution in [0.1, 0.15) is 32.6 Å². The molecule has 0 unspecified atom stereocenters. The molecule has 0 aromatic carbocycles. The first-order valence-electron chi connectivity index (χ1n) is 3.48. The number of carbonyl (C=O) groups is 1. The average Bonchev–Trinajstić information content (AvgIpc) is 1.86. The summed E-state index contributed by atoms with van der Waals surface area (Å²) in [6.45, 7) is 1.94. The van der Waals surface area contributed by atoms with Gasteiger partial charge in [-0.15, -0.1) is 0 Å². The van der Waals surface area contributed by atoms with Crippen molar-refractivity contribution in [2.75, 3.05) is 0 Å². The van der Waals surface area contributed by atoms with E-state index in [1.807, 2.05) is 6.92 Å². The Hall–Kier alpha value is -0.420. The number of rotatable bonds is 4. The molecule has 4 nitrogen and oxygen atoms in total. The van der Waals surface area contributed by atoms with Crippen LogP contribution in [-0.4, -0.2) is 18.1 Å². The van der Waals surface area contributed by atoms with Crippen molar-refractivity contribution in [3.8, 4) is 0 Å². The highest BCUT2D eigenvalue weighted by Crippen LogP contribution is 2.02. The van der Waals surface area contributed by atoms with Crippen LogP contribution in [-0.2, 0) is 14.9 Å². The zero-order chi connectivity index (χ0) is 8.91. The lowest BCUT2D eigenvalue weighted by atomic mass is 10.2. The Morgan fingerprint density at radius 1 is 1.36 bits per heavy atom. The Morgan fingerprint density at radius 3 is 2.27 bits per heavy atom. The molecule has 0 saturated carbocycles. The van der Waals surface area contributed by atoms with E-state index in [2.05, 4.69) is 0 Å². The molecule has 0 spiro atoms. The summed E-state index contributed by atoms with van der Waals surface area (Å²) in [5.41, 5.74) is 0. The highest BCUT2D eigenvalue weighted by molar-refractivity contribution is 8.01. The molecule has 5 heteroatoms. The molecule has 0 radical (unpaired) electrons. The maximum atomic E-state index is 10.5. The maximum absolute atomic E-state index is 10.5. The lowest BCUT2D eigenvalue weighted by Crippen LogP contribution is -2.12. The minimum atomic E-state index is -4.42. The van der Waals surface area contributed by atoms with Crippen molar-refractivity contribution < 1.29 is 17.8 Å². The van der Waals surface area contributed by atoms with E-state index in [0.717, 1.165) is 12.8 Å². The maximum Gasteiger partial charge on any atom is 0.328 e. The van der Waals surface area contributed by atoms with E-state index in [1.165, 1.54) is 0 Å². The lowest BCUT2D eigenvalue weighted by Gasteiger charge is -1.94. The van der Waals surface area contributed by atoms with Gasteiger partial charge in [0.1, 0.15) is 0 Å². The monoisotopic (exact) mass is 180 g/mol. The Bertz CT molecular complexity index is 217. The quantitative estimate of drug-likeness (QED) is 0.517. The minimum Gasteiger partial charge on any atom is -0.280 e. The van der Waals surface area contributed by atoms with Gasteiger partial charge in [0.2, 0.25) is 0 Å². The van der Waals surface area contributed by atoms with Crippen LogP contribution in [0.3, 0.4) is 0 Å². The van der Waals surface area contributed by atoms with Crippen molar-refractivity contribution >= 4 is 15.2 Å². The summed E-state index contributed by atoms with van der Waals surface area (Å²) in [4.78, 5) is 10.5. The third-order valence-corrected chi connectivity index (χ3v) is 2.05. The second-order valence-corrected chi connectivity index (χ2v) is 3.71. The van der Waals surface area contributed by atoms with Gasteiger partial charge in [-0.2, -0.15) is 8.42 Å². The first-order valence-corrected chi connectivity index (χ1v) is 4.92. The lowest BCUT2D eigenvalue weighted by molar-refractivity contribution is -0.112. The Labute approximate surface area is 66.4 Å². The molecule has 0 heterocycles. The van der Waals surface area contributed by atoms with Gasteiger partial charge < -0.3 is 0 Å². The van der Waals surface area contributed by atoms with Crippen LogP contribution >= 0.6 is 0 Å². The highest BCUT2D eigenvalue weighted by atomic mass is 32.2. The Morgan fingerprint density at radius 2 is 1.91 bits per heavy atom. The highest BCUT2D eigenvalue weighted by Gasteiger charge is 2.16. The molecule has 0 rings (SSSR count). The van der Waals surface area contributed by atoms with E-state index in [9.17, 15) is 13.2 Å². The fourth-order valence-corrected chi connectivity index (χ4v) is 1.05. The molecule has 11 heavy (non-hydrogen) atoms. The first-order chi connectivity index (χ1) is 4.98. The molecule has 0 fully saturated rings. The van der Waals surface area contributed by atoms with Gasteiger partial charge in [-0.1, -0.05) is 19.8 Å². The fraction of sp³-hybridized carbons (Fsp3) is 0.833. The van der Waals surface area contributed by atoms with Crippen LogP contribution in [0.4, 0.5) is 0 Å². The Kier molecular flexibility index (Phi) is 4.29. The van der Waals surface area contributed by atoms with Crippen LogP contribution in [0.25, 0.3) is 0 Å². The average molecular weight is 180 g/mol. The molecule has 0 aliphatic carbocycles. The summed E-state index contributed by atoms with van der Waals surface area (Å²) < 4.78 is 28.5. The van der Waals surface area contributed by atoms with Crippen molar-refractivity contribution in [1.82, 2.24) is 0 Å². The summed E-state index contributed by atoms with van der Waals surface area (Å²) in [6, 6.07) is 0. The van der Waals surface area contributed by atoms with Gasteiger partial charge in [0, 0.05) is 6.42 Å². The predicted molar refractivity (Wildman–Crippen MR) is 40.7 cm³/mol. The molecule has 0 aliphatic rings. The smallest absolute Gasteiger partial charge is 0.280 e. The largest absolute Gasteiger partial charge is 0.328 e. The molecule has 1 N–H and O–H groups in total. The number of carbonyl (C=O) groups excluding carboxylic acids is 1. The molecule has 0 bridgehead atoms. The van der Waals surface area contributed by atoms with Crippen LogP contribution < -0.4 is 0 Å². The number of hydrogen-bond acceptors (Lipinski definition) is 3. The molecule has 0 atom stereocenters. The number of unbranched alkanes of at least 4 members (excludes halogenated alkanes) is 2. The third kappa shape index (κ3) is 4.92. The summed E-state index contributed by atoms with van der Waals surface area (Å²) in [7, 11) is -4.42. The standard InChI is InChI=1S/C6H12O4S/c1-2-3-4-5-6(7)11(8,9)10/h2-5H2,1H3,(H,8,9,10). The van der Waals surface area contributed by atoms with Crippen molar-refractivity contribution in [1.29, 1.82) is 0 Å². The molecular formula is C6H12O4S. The topological polar surface area (TPSA) is 71.4 Å². The van der Waals surface area contributed by atoms with E-state index < -0.39 is 15.2 Å². The van der Waals surface area contributed by atoms with Crippen LogP contribution in [0.15, 0.2) is 0 Å². The molecule has 0 aromatic heterocycles. The van der Waals surface area contributed by atoms with Crippen LogP contribution in [0.5, 0.6) is 0 Å². The summed E-state index contributed by atoms with van der Waals surface area (Å²) in [5, 5.41) is -1.08. The molecule has 0 amide bonds. The second kappa shape index (κ2) is 4.46. The minimum absolute atomic E-state index is 0.0767. The van der Waals surface area contributed by atoms with Crippen molar-refractivity contribution in [3.63, 3.8) is 0 Å². The van der Waals surface area contributed by atoms with Gasteiger partial charge in [-0.25, -0.2) is 0 Å². The molecule has 66 valence electrons. The van der Waals surface area contributed by atoms with Gasteiger partial charge in [0.25, 0.3) is 5.12 Å². The first kappa shape index (κ1) is 10.6. The van der Waals surface area contributed by atoms with E-state index in [1.54, 1.807) is 0 Å². The fourth-order valence-electron chi connectivity index (χ4n) is 0.648. The number of hydrogen-bond donors (Lipinski definition) is 1.